The number of nitrogens with one attached hydrogen (secondary N) is 4. The van der Waals surface area contributed by atoms with Gasteiger partial charge in [-0.05, 0) is 25.7 Å². The van der Waals surface area contributed by atoms with Gasteiger partial charge in [0.15, 0.2) is 24.8 Å². The monoisotopic (exact) mass is 1560 g/mol. The van der Waals surface area contributed by atoms with Gasteiger partial charge in [-0.1, -0.05) is 233 Å². The molecule has 0 radical (unpaired) electrons. The number of phosphoric ester groups is 1. The Balaban J connectivity index is 2.69. The van der Waals surface area contributed by atoms with Crippen LogP contribution in [0.1, 0.15) is 285 Å². The highest BCUT2D eigenvalue weighted by Crippen LogP contribution is 2.42. The third kappa shape index (κ3) is 46.6. The summed E-state index contributed by atoms with van der Waals surface area (Å²) in [5, 5.41) is 21.7. The van der Waals surface area contributed by atoms with Crippen molar-refractivity contribution in [1.29, 1.82) is 0 Å². The van der Waals surface area contributed by atoms with Crippen LogP contribution in [0.15, 0.2) is 0 Å². The van der Waals surface area contributed by atoms with Gasteiger partial charge in [0, 0.05) is 58.7 Å². The molecule has 0 aromatic heterocycles. The molecular formula is C74H139N6O22P3. The Morgan fingerprint density at radius 3 is 1.09 bits per heavy atom. The molecule has 0 aliphatic carbocycles. The Bertz CT molecular complexity index is 2390. The van der Waals surface area contributed by atoms with Gasteiger partial charge in [-0.3, -0.25) is 42.9 Å². The minimum absolute atomic E-state index is 0.0375. The molecule has 7 N–H and O–H groups in total. The molecule has 2 aliphatic heterocycles. The number of rotatable bonds is 66. The van der Waals surface area contributed by atoms with Crippen LogP contribution in [0.4, 0.5) is 0 Å². The van der Waals surface area contributed by atoms with Crippen LogP contribution in [-0.2, 0) is 89.7 Å². The van der Waals surface area contributed by atoms with Gasteiger partial charge in [0.2, 0.25) is 35.4 Å². The Kier molecular flexibility index (Phi) is 57.7. The predicted molar refractivity (Wildman–Crippen MR) is 407 cm³/mol. The maximum Gasteiger partial charge on any atom is 0.470 e. The number of hydrogen-bond donors (Lipinski definition) is 7. The van der Waals surface area contributed by atoms with Gasteiger partial charge in [0.05, 0.1) is 52.7 Å². The van der Waals surface area contributed by atoms with E-state index in [0.29, 0.717) is 25.7 Å². The van der Waals surface area contributed by atoms with E-state index in [0.717, 1.165) is 135 Å². The molecule has 0 aromatic rings. The molecule has 2 heterocycles. The van der Waals surface area contributed by atoms with E-state index in [1.54, 1.807) is 0 Å². The van der Waals surface area contributed by atoms with Crippen molar-refractivity contribution in [3.8, 4) is 0 Å². The average molecular weight is 1560 g/mol. The highest BCUT2D eigenvalue weighted by atomic mass is 31.2. The van der Waals surface area contributed by atoms with Gasteiger partial charge in [-0.25, -0.2) is 4.57 Å². The summed E-state index contributed by atoms with van der Waals surface area (Å²) in [5.74, 6) is -5.19. The number of carbonyl (C=O) groups excluding carboxylic acids is 8. The third-order valence-electron chi connectivity index (χ3n) is 18.8. The molecule has 2 aliphatic rings. The summed E-state index contributed by atoms with van der Waals surface area (Å²) < 4.78 is 72.9. The number of unbranched alkanes of at least 4 members (excludes halogenated alkanes) is 32. The zero-order chi connectivity index (χ0) is 77.3. The van der Waals surface area contributed by atoms with Gasteiger partial charge >= 0.3 is 19.8 Å². The second kappa shape index (κ2) is 62.1. The molecule has 31 heteroatoms. The van der Waals surface area contributed by atoms with Crippen molar-refractivity contribution in [2.45, 2.75) is 346 Å². The number of hydrogen-bond acceptors (Lipinski definition) is 20. The molecule has 2 saturated heterocycles. The number of ether oxygens (including phenoxy) is 7. The summed E-state index contributed by atoms with van der Waals surface area (Å²) in [6, 6.07) is -3.24. The van der Waals surface area contributed by atoms with Crippen molar-refractivity contribution < 1.29 is 105 Å². The zero-order valence-electron chi connectivity index (χ0n) is 64.7. The van der Waals surface area contributed by atoms with Crippen LogP contribution in [0.2, 0.25) is 0 Å². The number of nitrogens with zero attached hydrogens (tertiary/aromatic N) is 2. The molecule has 0 bridgehead atoms. The fourth-order valence-electron chi connectivity index (χ4n) is 12.8. The van der Waals surface area contributed by atoms with E-state index in [9.17, 15) is 57.8 Å². The SMILES string of the molecule is CCCCCCCCCCCC(=O)NCC(=O)O[C@@H]1[C@H](NC(=O)CN(C)C(=O)CCCCCCCCCCC)[C@@H](OCCOP)O[C@H](CO[C@@H]2O[C@H](CO)[C@@H](OP(=O)(O)O)[C@H](OC(=O)CNC(=O)CCCCCCCCCCC)[C@@H]2NC(=O)CN(C)C(=O)CCCCCCCCCCC)[C@H]1OCCOP. The van der Waals surface area contributed by atoms with Crippen LogP contribution in [0, 0.1) is 0 Å². The van der Waals surface area contributed by atoms with Crippen LogP contribution in [0.5, 0.6) is 0 Å². The van der Waals surface area contributed by atoms with E-state index in [1.165, 1.54) is 94.5 Å². The number of phosphoric acid groups is 1. The van der Waals surface area contributed by atoms with E-state index < -0.39 is 144 Å². The molecule has 2 fully saturated rings. The molecule has 0 aromatic carbocycles. The predicted octanol–water partition coefficient (Wildman–Crippen LogP) is 10.6. The lowest BCUT2D eigenvalue weighted by atomic mass is 9.95. The van der Waals surface area contributed by atoms with Crippen LogP contribution < -0.4 is 21.3 Å². The first kappa shape index (κ1) is 97.5. The molecule has 12 atom stereocenters. The van der Waals surface area contributed by atoms with Crippen LogP contribution >= 0.6 is 26.8 Å². The minimum Gasteiger partial charge on any atom is -0.456 e. The lowest BCUT2D eigenvalue weighted by molar-refractivity contribution is -0.308. The van der Waals surface area contributed by atoms with Gasteiger partial charge in [0.25, 0.3) is 0 Å². The molecule has 105 heavy (non-hydrogen) atoms. The first-order chi connectivity index (χ1) is 50.7. The van der Waals surface area contributed by atoms with Gasteiger partial charge < -0.3 is 88.2 Å². The zero-order valence-corrected chi connectivity index (χ0v) is 67.9. The first-order valence-electron chi connectivity index (χ1n) is 39.8. The molecular weight excluding hydrogens is 1420 g/mol. The van der Waals surface area contributed by atoms with E-state index >= 15 is 0 Å². The van der Waals surface area contributed by atoms with E-state index in [1.807, 2.05) is 0 Å². The molecule has 612 valence electrons. The lowest BCUT2D eigenvalue weighted by Crippen LogP contribution is -2.69. The Morgan fingerprint density at radius 1 is 0.410 bits per heavy atom. The van der Waals surface area contributed by atoms with Gasteiger partial charge in [0.1, 0.15) is 49.6 Å². The van der Waals surface area contributed by atoms with Crippen molar-refractivity contribution in [2.75, 3.05) is 79.9 Å². The van der Waals surface area contributed by atoms with E-state index in [-0.39, 0.29) is 63.9 Å². The number of aliphatic hydroxyl groups excluding tert-OH is 1. The summed E-state index contributed by atoms with van der Waals surface area (Å²) in [6.07, 6.45) is 23.8. The summed E-state index contributed by atoms with van der Waals surface area (Å²) in [7, 11) is 1.55. The van der Waals surface area contributed by atoms with Crippen molar-refractivity contribution >= 4 is 74.1 Å². The standard InChI is InChI=1S/C74H139N6O22P3/c1-7-11-15-19-23-27-31-35-39-43-59(82)75-51-65(88)100-71-67(77-61(84)53-79(5)63(86)45-41-37-33-29-25-21-17-13-9-3)73(94-48-50-97-104)99-58(69(71)93-47-49-96-103)56-95-74-68(78-62(85)54-80(6)64(87)46-42-38-34-30-26-22-18-14-10-4)72(70(57(55-81)98-74)102-105(90,91)92)101-66(89)52-76-60(83)44-40-36-32-28-24-20-16-12-8-2/h57-58,67-74,81H,7-56,103-104H2,1-6H3,(H,75,82)(H,76,83)(H,77,84)(H,78,85)(H2,90,91,92)/t57-,58-,67+,68+,69-,70-,71-,72-,73+,74-/m1/s1. The summed E-state index contributed by atoms with van der Waals surface area (Å²) in [5.41, 5.74) is 0. The number of carbonyl (C=O) groups is 8. The highest BCUT2D eigenvalue weighted by Gasteiger charge is 2.55. The minimum atomic E-state index is -5.57. The van der Waals surface area contributed by atoms with Crippen molar-refractivity contribution in [1.82, 2.24) is 31.1 Å². The molecule has 2 rings (SSSR count). The topological polar surface area (TPSA) is 361 Å². The normalized spacial score (nSPS) is 20.3. The van der Waals surface area contributed by atoms with Crippen molar-refractivity contribution in [3.05, 3.63) is 0 Å². The summed E-state index contributed by atoms with van der Waals surface area (Å²) in [4.78, 5) is 134. The van der Waals surface area contributed by atoms with Crippen LogP contribution in [0.3, 0.4) is 0 Å². The maximum atomic E-state index is 14.4. The second-order valence-corrected chi connectivity index (χ2v) is 29.9. The molecule has 6 amide bonds. The fourth-order valence-corrected chi connectivity index (χ4v) is 13.6. The van der Waals surface area contributed by atoms with E-state index in [4.69, 9.17) is 46.7 Å². The number of amides is 6. The van der Waals surface area contributed by atoms with Crippen molar-refractivity contribution in [2.24, 2.45) is 0 Å². The number of likely N-dealkylation sites (N-methyl/N-ethyl adjacent to an activating group) is 2. The molecule has 28 nitrogen and oxygen atoms in total. The average Bonchev–Trinajstić information content (AvgIpc) is 0.783. The molecule has 2 unspecified atom stereocenters. The van der Waals surface area contributed by atoms with Crippen molar-refractivity contribution in [3.63, 3.8) is 0 Å². The largest absolute Gasteiger partial charge is 0.470 e. The highest BCUT2D eigenvalue weighted by molar-refractivity contribution is 7.46. The number of esters is 2. The quantitative estimate of drug-likeness (QED) is 0.0169. The summed E-state index contributed by atoms with van der Waals surface area (Å²) in [6.45, 7) is 4.05. The third-order valence-corrected chi connectivity index (χ3v) is 19.8. The Morgan fingerprint density at radius 2 is 0.733 bits per heavy atom. The lowest BCUT2D eigenvalue weighted by Gasteiger charge is -2.47. The fraction of sp³-hybridized carbons (Fsp3) is 0.892. The Labute approximate surface area is 632 Å². The van der Waals surface area contributed by atoms with Crippen LogP contribution in [-0.4, -0.2) is 213 Å². The Hall–Kier alpha value is -3.59. The first-order valence-corrected chi connectivity index (χ1v) is 42.3. The van der Waals surface area contributed by atoms with Crippen LogP contribution in [0.25, 0.3) is 0 Å². The molecule has 0 saturated carbocycles. The molecule has 0 spiro atoms. The maximum absolute atomic E-state index is 14.4. The smallest absolute Gasteiger partial charge is 0.456 e. The summed E-state index contributed by atoms with van der Waals surface area (Å²) >= 11 is 0. The second-order valence-electron chi connectivity index (χ2n) is 28.1. The van der Waals surface area contributed by atoms with Gasteiger partial charge in [-0.15, -0.1) is 0 Å². The number of aliphatic hydroxyl groups is 1. The van der Waals surface area contributed by atoms with E-state index in [2.05, 4.69) is 67.9 Å². The van der Waals surface area contributed by atoms with Gasteiger partial charge in [-0.2, -0.15) is 0 Å².